The summed E-state index contributed by atoms with van der Waals surface area (Å²) in [7, 11) is 0. The summed E-state index contributed by atoms with van der Waals surface area (Å²) in [5.41, 5.74) is 1.36. The molecule has 2 amide bonds. The van der Waals surface area contributed by atoms with Crippen molar-refractivity contribution in [2.75, 3.05) is 11.9 Å². The Morgan fingerprint density at radius 3 is 2.76 bits per heavy atom. The van der Waals surface area contributed by atoms with Gasteiger partial charge in [0.15, 0.2) is 5.13 Å². The molecule has 1 aliphatic heterocycles. The molecule has 1 aromatic carbocycles. The molecule has 0 aliphatic carbocycles. The minimum Gasteiger partial charge on any atom is -0.481 e. The number of amides is 2. The number of thiocarbonyl (C=S) groups is 1. The van der Waals surface area contributed by atoms with E-state index in [0.29, 0.717) is 14.9 Å². The minimum atomic E-state index is -1.00. The van der Waals surface area contributed by atoms with Gasteiger partial charge in [0.2, 0.25) is 5.91 Å². The van der Waals surface area contributed by atoms with Crippen LogP contribution in [-0.4, -0.2) is 43.6 Å². The van der Waals surface area contributed by atoms with Crippen LogP contribution in [0.5, 0.6) is 0 Å². The number of hydrogen-bond acceptors (Lipinski definition) is 7. The average molecular weight is 446 g/mol. The molecule has 1 aliphatic rings. The van der Waals surface area contributed by atoms with Crippen LogP contribution >= 0.6 is 35.3 Å². The molecule has 0 bridgehead atoms. The summed E-state index contributed by atoms with van der Waals surface area (Å²) in [6.45, 7) is -0.238. The number of nitrogens with one attached hydrogen (secondary N) is 1. The highest BCUT2D eigenvalue weighted by Crippen LogP contribution is 2.31. The van der Waals surface area contributed by atoms with Gasteiger partial charge >= 0.3 is 5.97 Å². The summed E-state index contributed by atoms with van der Waals surface area (Å²) in [6, 6.07) is 9.66. The monoisotopic (exact) mass is 445 g/mol. The minimum absolute atomic E-state index is 0.220. The number of carbonyl (C=O) groups excluding carboxylic acids is 2. The molecule has 7 nitrogen and oxygen atoms in total. The van der Waals surface area contributed by atoms with Gasteiger partial charge in [-0.3, -0.25) is 19.3 Å². The van der Waals surface area contributed by atoms with Crippen molar-refractivity contribution in [1.82, 2.24) is 9.88 Å². The Labute approximate surface area is 180 Å². The Morgan fingerprint density at radius 2 is 2.03 bits per heavy atom. The van der Waals surface area contributed by atoms with Gasteiger partial charge < -0.3 is 10.4 Å². The number of carboxylic acid groups (broad SMARTS) is 1. The third kappa shape index (κ3) is 5.83. The van der Waals surface area contributed by atoms with Crippen LogP contribution in [0.1, 0.15) is 11.3 Å². The van der Waals surface area contributed by atoms with Crippen molar-refractivity contribution < 1.29 is 19.5 Å². The molecular weight excluding hydrogens is 430 g/mol. The maximum Gasteiger partial charge on any atom is 0.309 e. The van der Waals surface area contributed by atoms with Crippen molar-refractivity contribution >= 4 is 68.6 Å². The molecule has 0 atom stereocenters. The molecule has 3 rings (SSSR count). The number of nitrogens with zero attached hydrogens (tertiary/aromatic N) is 2. The molecule has 0 spiro atoms. The number of allylic oxidation sites excluding steroid dienone is 2. The molecule has 2 heterocycles. The first kappa shape index (κ1) is 20.9. The number of carboxylic acids is 1. The summed E-state index contributed by atoms with van der Waals surface area (Å²) >= 11 is 7.47. The first-order valence-electron chi connectivity index (χ1n) is 8.35. The van der Waals surface area contributed by atoms with E-state index in [2.05, 4.69) is 10.3 Å². The van der Waals surface area contributed by atoms with E-state index in [-0.39, 0.29) is 24.0 Å². The highest BCUT2D eigenvalue weighted by Gasteiger charge is 2.33. The van der Waals surface area contributed by atoms with Crippen LogP contribution in [-0.2, 0) is 20.8 Å². The van der Waals surface area contributed by atoms with Crippen molar-refractivity contribution in [2.24, 2.45) is 0 Å². The van der Waals surface area contributed by atoms with Crippen LogP contribution in [0.3, 0.4) is 0 Å². The van der Waals surface area contributed by atoms with Crippen LogP contribution in [0, 0.1) is 0 Å². The number of aliphatic carboxylic acids is 1. The summed E-state index contributed by atoms with van der Waals surface area (Å²) < 4.78 is 0.301. The number of carbonyl (C=O) groups is 3. The van der Waals surface area contributed by atoms with Crippen molar-refractivity contribution in [1.29, 1.82) is 0 Å². The van der Waals surface area contributed by atoms with Gasteiger partial charge in [-0.25, -0.2) is 4.98 Å². The topological polar surface area (TPSA) is 99.6 Å². The van der Waals surface area contributed by atoms with Crippen LogP contribution in [0.25, 0.3) is 6.08 Å². The molecule has 2 N–H and O–H groups in total. The Balaban J connectivity index is 1.58. The molecule has 1 fully saturated rings. The highest BCUT2D eigenvalue weighted by molar-refractivity contribution is 8.26. The Morgan fingerprint density at radius 1 is 1.28 bits per heavy atom. The maximum atomic E-state index is 12.5. The van der Waals surface area contributed by atoms with Gasteiger partial charge in [0.1, 0.15) is 10.9 Å². The summed E-state index contributed by atoms with van der Waals surface area (Å²) in [5.74, 6) is -1.80. The van der Waals surface area contributed by atoms with E-state index in [0.717, 1.165) is 28.7 Å². The van der Waals surface area contributed by atoms with E-state index < -0.39 is 11.9 Å². The molecule has 2 aromatic rings. The quantitative estimate of drug-likeness (QED) is 0.499. The second-order valence-corrected chi connectivity index (χ2v) is 8.36. The van der Waals surface area contributed by atoms with E-state index in [1.807, 2.05) is 36.4 Å². The number of benzene rings is 1. The Kier molecular flexibility index (Phi) is 6.91. The highest BCUT2D eigenvalue weighted by atomic mass is 32.2. The molecule has 0 unspecified atom stereocenters. The number of rotatable bonds is 7. The van der Waals surface area contributed by atoms with Gasteiger partial charge in [0.25, 0.3) is 5.91 Å². The van der Waals surface area contributed by atoms with Gasteiger partial charge in [-0.1, -0.05) is 66.5 Å². The van der Waals surface area contributed by atoms with Gasteiger partial charge in [-0.05, 0) is 11.6 Å². The lowest BCUT2D eigenvalue weighted by Crippen LogP contribution is -2.36. The molecule has 0 saturated carbocycles. The summed E-state index contributed by atoms with van der Waals surface area (Å²) in [4.78, 5) is 41.2. The number of thiazole rings is 1. The zero-order valence-electron chi connectivity index (χ0n) is 14.9. The lowest BCUT2D eigenvalue weighted by Gasteiger charge is -2.13. The second kappa shape index (κ2) is 9.59. The summed E-state index contributed by atoms with van der Waals surface area (Å²) in [5, 5.41) is 13.2. The third-order valence-corrected chi connectivity index (χ3v) is 5.84. The predicted octanol–water partition coefficient (Wildman–Crippen LogP) is 3.17. The number of aromatic nitrogens is 1. The van der Waals surface area contributed by atoms with E-state index in [4.69, 9.17) is 17.3 Å². The lowest BCUT2D eigenvalue weighted by atomic mass is 10.2. The van der Waals surface area contributed by atoms with E-state index in [1.165, 1.54) is 4.90 Å². The van der Waals surface area contributed by atoms with Crippen molar-refractivity contribution in [3.05, 3.63) is 64.0 Å². The third-order valence-electron chi connectivity index (χ3n) is 3.64. The van der Waals surface area contributed by atoms with E-state index >= 15 is 0 Å². The van der Waals surface area contributed by atoms with Gasteiger partial charge in [0, 0.05) is 5.38 Å². The molecule has 29 heavy (non-hydrogen) atoms. The number of hydrogen-bond donors (Lipinski definition) is 2. The van der Waals surface area contributed by atoms with E-state index in [1.54, 1.807) is 17.5 Å². The van der Waals surface area contributed by atoms with Crippen molar-refractivity contribution in [2.45, 2.75) is 6.42 Å². The van der Waals surface area contributed by atoms with Gasteiger partial charge in [0.05, 0.1) is 17.0 Å². The smallest absolute Gasteiger partial charge is 0.309 e. The maximum absolute atomic E-state index is 12.5. The normalized spacial score (nSPS) is 15.4. The lowest BCUT2D eigenvalue weighted by molar-refractivity contribution is -0.136. The Bertz CT molecular complexity index is 1010. The molecule has 0 radical (unpaired) electrons. The SMILES string of the molecule is O=C(O)Cc1csc(NC(=O)CN2C(=O)/C(=C/C=C/c3ccccc3)SC2=S)n1. The largest absolute Gasteiger partial charge is 0.481 e. The van der Waals surface area contributed by atoms with E-state index in [9.17, 15) is 14.4 Å². The van der Waals surface area contributed by atoms with Gasteiger partial charge in [-0.15, -0.1) is 11.3 Å². The van der Waals surface area contributed by atoms with Crippen molar-refractivity contribution in [3.8, 4) is 0 Å². The molecule has 1 saturated heterocycles. The fourth-order valence-electron chi connectivity index (χ4n) is 2.36. The van der Waals surface area contributed by atoms with Gasteiger partial charge in [-0.2, -0.15) is 0 Å². The van der Waals surface area contributed by atoms with Crippen molar-refractivity contribution in [3.63, 3.8) is 0 Å². The fraction of sp³-hybridized carbons (Fsp3) is 0.105. The predicted molar refractivity (Wildman–Crippen MR) is 118 cm³/mol. The number of anilines is 1. The molecule has 10 heteroatoms. The van der Waals surface area contributed by atoms with Crippen LogP contribution in [0.15, 0.2) is 52.8 Å². The first-order valence-corrected chi connectivity index (χ1v) is 10.5. The number of thioether (sulfide) groups is 1. The zero-order chi connectivity index (χ0) is 20.8. The molecule has 1 aromatic heterocycles. The first-order chi connectivity index (χ1) is 13.9. The Hall–Kier alpha value is -2.82. The van der Waals surface area contributed by atoms with Crippen LogP contribution < -0.4 is 5.32 Å². The average Bonchev–Trinajstić information content (AvgIpc) is 3.21. The van der Waals surface area contributed by atoms with Crippen LogP contribution in [0.2, 0.25) is 0 Å². The van der Waals surface area contributed by atoms with Crippen LogP contribution in [0.4, 0.5) is 5.13 Å². The fourth-order valence-corrected chi connectivity index (χ4v) is 4.30. The molecular formula is C19H15N3O4S3. The molecule has 148 valence electrons. The standard InChI is InChI=1S/C19H15N3O4S3/c23-15(21-18-20-13(11-28-18)9-16(24)25)10-22-17(26)14(29-19(22)27)8-4-7-12-5-2-1-3-6-12/h1-8,11H,9-10H2,(H,24,25)(H,20,21,23)/b7-4+,14-8-. The second-order valence-electron chi connectivity index (χ2n) is 5.82. The zero-order valence-corrected chi connectivity index (χ0v) is 17.4. The summed E-state index contributed by atoms with van der Waals surface area (Å²) in [6.07, 6.45) is 5.09.